The van der Waals surface area contributed by atoms with Gasteiger partial charge >= 0.3 is 11.9 Å². The third-order valence-electron chi connectivity index (χ3n) is 3.41. The van der Waals surface area contributed by atoms with Gasteiger partial charge in [0.15, 0.2) is 6.61 Å². The Morgan fingerprint density at radius 1 is 0.963 bits per heavy atom. The first kappa shape index (κ1) is 20.0. The summed E-state index contributed by atoms with van der Waals surface area (Å²) in [6, 6.07) is 12.8. The number of anilines is 1. The van der Waals surface area contributed by atoms with Crippen LogP contribution >= 0.6 is 0 Å². The van der Waals surface area contributed by atoms with Gasteiger partial charge in [0.05, 0.1) is 18.8 Å². The van der Waals surface area contributed by atoms with E-state index in [1.54, 1.807) is 62.4 Å². The Labute approximate surface area is 157 Å². The van der Waals surface area contributed by atoms with Crippen molar-refractivity contribution in [2.45, 2.75) is 20.0 Å². The Bertz CT molecular complexity index is 813. The number of nitrogens with one attached hydrogen (secondary N) is 1. The molecule has 142 valence electrons. The molecule has 0 heterocycles. The van der Waals surface area contributed by atoms with Gasteiger partial charge in [0.25, 0.3) is 5.91 Å². The number of carbonyl (C=O) groups is 3. The topological polar surface area (TPSA) is 90.9 Å². The number of rotatable bonds is 7. The minimum atomic E-state index is -0.658. The molecule has 1 N–H and O–H groups in total. The number of carbonyl (C=O) groups excluding carboxylic acids is 3. The van der Waals surface area contributed by atoms with Crippen LogP contribution in [0.5, 0.6) is 5.75 Å². The first-order valence-corrected chi connectivity index (χ1v) is 8.31. The molecule has 0 unspecified atom stereocenters. The van der Waals surface area contributed by atoms with Crippen molar-refractivity contribution in [3.8, 4) is 5.75 Å². The molecule has 2 aromatic rings. The van der Waals surface area contributed by atoms with Gasteiger partial charge in [-0.25, -0.2) is 9.59 Å². The highest BCUT2D eigenvalue weighted by atomic mass is 16.5. The Kier molecular flexibility index (Phi) is 6.93. The van der Waals surface area contributed by atoms with E-state index < -0.39 is 24.5 Å². The summed E-state index contributed by atoms with van der Waals surface area (Å²) in [6.45, 7) is 3.08. The molecule has 2 rings (SSSR count). The van der Waals surface area contributed by atoms with Crippen molar-refractivity contribution in [3.05, 3.63) is 59.7 Å². The molecule has 0 bridgehead atoms. The summed E-state index contributed by atoms with van der Waals surface area (Å²) < 4.78 is 15.2. The summed E-state index contributed by atoms with van der Waals surface area (Å²) in [7, 11) is 1.44. The van der Waals surface area contributed by atoms with E-state index in [9.17, 15) is 14.4 Å². The summed E-state index contributed by atoms with van der Waals surface area (Å²) in [5.74, 6) is -1.23. The Morgan fingerprint density at radius 2 is 1.63 bits per heavy atom. The number of hydrogen-bond donors (Lipinski definition) is 1. The smallest absolute Gasteiger partial charge is 0.342 e. The number of benzene rings is 2. The average Bonchev–Trinajstić information content (AvgIpc) is 2.66. The second kappa shape index (κ2) is 9.38. The Hall–Kier alpha value is -3.35. The molecule has 0 saturated heterocycles. The van der Waals surface area contributed by atoms with Crippen LogP contribution in [-0.2, 0) is 14.3 Å². The van der Waals surface area contributed by atoms with E-state index in [0.29, 0.717) is 17.0 Å². The van der Waals surface area contributed by atoms with Crippen molar-refractivity contribution in [1.29, 1.82) is 0 Å². The first-order valence-electron chi connectivity index (χ1n) is 8.31. The quantitative estimate of drug-likeness (QED) is 0.752. The van der Waals surface area contributed by atoms with Crippen LogP contribution in [0.15, 0.2) is 48.5 Å². The fourth-order valence-electron chi connectivity index (χ4n) is 2.19. The van der Waals surface area contributed by atoms with E-state index in [1.807, 2.05) is 0 Å². The predicted molar refractivity (Wildman–Crippen MR) is 98.9 cm³/mol. The van der Waals surface area contributed by atoms with E-state index in [1.165, 1.54) is 7.11 Å². The molecule has 0 saturated carbocycles. The molecule has 0 atom stereocenters. The highest BCUT2D eigenvalue weighted by molar-refractivity contribution is 5.97. The van der Waals surface area contributed by atoms with Gasteiger partial charge in [0.2, 0.25) is 0 Å². The summed E-state index contributed by atoms with van der Waals surface area (Å²) in [4.78, 5) is 35.8. The highest BCUT2D eigenvalue weighted by Crippen LogP contribution is 2.18. The molecular weight excluding hydrogens is 350 g/mol. The molecule has 7 heteroatoms. The number of para-hydroxylation sites is 1. The minimum absolute atomic E-state index is 0.213. The lowest BCUT2D eigenvalue weighted by atomic mass is 10.2. The number of esters is 2. The number of methoxy groups -OCH3 is 1. The first-order chi connectivity index (χ1) is 12.9. The molecule has 0 aliphatic rings. The molecule has 2 aromatic carbocycles. The zero-order chi connectivity index (χ0) is 19.8. The highest BCUT2D eigenvalue weighted by Gasteiger charge is 2.15. The summed E-state index contributed by atoms with van der Waals surface area (Å²) in [5.41, 5.74) is 1.08. The molecule has 1 amide bonds. The van der Waals surface area contributed by atoms with E-state index in [4.69, 9.17) is 14.2 Å². The monoisotopic (exact) mass is 371 g/mol. The number of amides is 1. The largest absolute Gasteiger partial charge is 0.496 e. The van der Waals surface area contributed by atoms with E-state index in [0.717, 1.165) is 0 Å². The maximum atomic E-state index is 12.1. The zero-order valence-electron chi connectivity index (χ0n) is 15.4. The molecule has 0 aromatic heterocycles. The Morgan fingerprint density at radius 3 is 2.26 bits per heavy atom. The fraction of sp³-hybridized carbons (Fsp3) is 0.250. The van der Waals surface area contributed by atoms with E-state index >= 15 is 0 Å². The molecule has 0 spiro atoms. The summed E-state index contributed by atoms with van der Waals surface area (Å²) >= 11 is 0. The lowest BCUT2D eigenvalue weighted by molar-refractivity contribution is -0.119. The second-order valence-corrected chi connectivity index (χ2v) is 5.86. The molecule has 7 nitrogen and oxygen atoms in total. The molecule has 0 aliphatic carbocycles. The molecule has 0 radical (unpaired) electrons. The van der Waals surface area contributed by atoms with Crippen LogP contribution < -0.4 is 10.1 Å². The van der Waals surface area contributed by atoms with Crippen molar-refractivity contribution >= 4 is 23.5 Å². The lowest BCUT2D eigenvalue weighted by Crippen LogP contribution is -2.21. The molecular formula is C20H21NO6. The van der Waals surface area contributed by atoms with Crippen molar-refractivity contribution in [1.82, 2.24) is 0 Å². The minimum Gasteiger partial charge on any atom is -0.496 e. The van der Waals surface area contributed by atoms with Crippen molar-refractivity contribution in [3.63, 3.8) is 0 Å². The van der Waals surface area contributed by atoms with Crippen LogP contribution in [0.4, 0.5) is 5.69 Å². The van der Waals surface area contributed by atoms with Crippen LogP contribution in [-0.4, -0.2) is 37.7 Å². The lowest BCUT2D eigenvalue weighted by Gasteiger charge is -2.10. The maximum Gasteiger partial charge on any atom is 0.342 e. The van der Waals surface area contributed by atoms with Gasteiger partial charge in [-0.3, -0.25) is 4.79 Å². The van der Waals surface area contributed by atoms with Gasteiger partial charge in [-0.05, 0) is 50.2 Å². The van der Waals surface area contributed by atoms with Crippen molar-refractivity contribution < 1.29 is 28.6 Å². The molecule has 27 heavy (non-hydrogen) atoms. The van der Waals surface area contributed by atoms with Crippen molar-refractivity contribution in [2.75, 3.05) is 19.0 Å². The fourth-order valence-corrected chi connectivity index (χ4v) is 2.19. The van der Waals surface area contributed by atoms with Crippen LogP contribution in [0.2, 0.25) is 0 Å². The maximum absolute atomic E-state index is 12.1. The molecule has 0 aliphatic heterocycles. The zero-order valence-corrected chi connectivity index (χ0v) is 15.4. The van der Waals surface area contributed by atoms with Gasteiger partial charge in [-0.2, -0.15) is 0 Å². The van der Waals surface area contributed by atoms with E-state index in [2.05, 4.69) is 5.32 Å². The predicted octanol–water partition coefficient (Wildman–Crippen LogP) is 3.06. The second-order valence-electron chi connectivity index (χ2n) is 5.86. The third kappa shape index (κ3) is 5.85. The third-order valence-corrected chi connectivity index (χ3v) is 3.41. The van der Waals surface area contributed by atoms with Crippen LogP contribution in [0, 0.1) is 0 Å². The van der Waals surface area contributed by atoms with E-state index in [-0.39, 0.29) is 11.7 Å². The van der Waals surface area contributed by atoms with Gasteiger partial charge in [0.1, 0.15) is 11.3 Å². The van der Waals surface area contributed by atoms with Gasteiger partial charge in [-0.1, -0.05) is 12.1 Å². The van der Waals surface area contributed by atoms with Crippen LogP contribution in [0.25, 0.3) is 0 Å². The normalized spacial score (nSPS) is 10.2. The van der Waals surface area contributed by atoms with Crippen molar-refractivity contribution in [2.24, 2.45) is 0 Å². The molecule has 0 fully saturated rings. The standard InChI is InChI=1S/C20H21NO6/c1-13(2)27-19(23)14-8-10-15(11-9-14)21-18(22)12-26-20(24)16-6-4-5-7-17(16)25-3/h4-11,13H,12H2,1-3H3,(H,21,22). The van der Waals surface area contributed by atoms with Gasteiger partial charge in [-0.15, -0.1) is 0 Å². The Balaban J connectivity index is 1.88. The average molecular weight is 371 g/mol. The number of hydrogen-bond acceptors (Lipinski definition) is 6. The van der Waals surface area contributed by atoms with Crippen LogP contribution in [0.3, 0.4) is 0 Å². The number of ether oxygens (including phenoxy) is 3. The summed E-state index contributed by atoms with van der Waals surface area (Å²) in [5, 5.41) is 2.58. The van der Waals surface area contributed by atoms with Gasteiger partial charge in [0, 0.05) is 5.69 Å². The van der Waals surface area contributed by atoms with Crippen LogP contribution in [0.1, 0.15) is 34.6 Å². The SMILES string of the molecule is COc1ccccc1C(=O)OCC(=O)Nc1ccc(C(=O)OC(C)C)cc1. The summed E-state index contributed by atoms with van der Waals surface area (Å²) in [6.07, 6.45) is -0.213. The van der Waals surface area contributed by atoms with Gasteiger partial charge < -0.3 is 19.5 Å².